The molecule has 1 aromatic rings. The summed E-state index contributed by atoms with van der Waals surface area (Å²) in [6.07, 6.45) is 6.54. The van der Waals surface area contributed by atoms with Gasteiger partial charge in [0.2, 0.25) is 5.95 Å². The Morgan fingerprint density at radius 1 is 1.44 bits per heavy atom. The third kappa shape index (κ3) is 2.56. The van der Waals surface area contributed by atoms with Gasteiger partial charge in [0, 0.05) is 25.4 Å². The summed E-state index contributed by atoms with van der Waals surface area (Å²) in [4.78, 5) is 21.0. The molecule has 0 aliphatic carbocycles. The molecule has 0 radical (unpaired) electrons. The predicted octanol–water partition coefficient (Wildman–Crippen LogP) is 1.17. The fraction of sp³-hybridized carbons (Fsp3) is 0.364. The van der Waals surface area contributed by atoms with Crippen molar-refractivity contribution in [3.63, 3.8) is 0 Å². The van der Waals surface area contributed by atoms with Crippen molar-refractivity contribution in [2.75, 3.05) is 18.0 Å². The van der Waals surface area contributed by atoms with Crippen LogP contribution in [0.3, 0.4) is 0 Å². The van der Waals surface area contributed by atoms with Crippen molar-refractivity contribution in [3.05, 3.63) is 24.0 Å². The Morgan fingerprint density at radius 3 is 2.88 bits per heavy atom. The molecular formula is C11H13N3O2. The summed E-state index contributed by atoms with van der Waals surface area (Å²) in [5.41, 5.74) is 0.624. The summed E-state index contributed by atoms with van der Waals surface area (Å²) < 4.78 is 0. The van der Waals surface area contributed by atoms with Crippen LogP contribution in [0.25, 0.3) is 6.08 Å². The Morgan fingerprint density at radius 2 is 2.19 bits per heavy atom. The number of carboxylic acids is 1. The SMILES string of the molecule is O=C(O)/C=C/c1ccnc(N2CCCC2)n1. The lowest BCUT2D eigenvalue weighted by atomic mass is 10.3. The average Bonchev–Trinajstić information content (AvgIpc) is 2.80. The maximum Gasteiger partial charge on any atom is 0.328 e. The van der Waals surface area contributed by atoms with Gasteiger partial charge in [-0.1, -0.05) is 0 Å². The first-order valence-electron chi connectivity index (χ1n) is 5.25. The molecule has 0 amide bonds. The molecule has 5 heteroatoms. The second kappa shape index (κ2) is 4.74. The smallest absolute Gasteiger partial charge is 0.328 e. The summed E-state index contributed by atoms with van der Waals surface area (Å²) in [6, 6.07) is 1.69. The van der Waals surface area contributed by atoms with Gasteiger partial charge in [0.15, 0.2) is 0 Å². The lowest BCUT2D eigenvalue weighted by Gasteiger charge is -2.14. The lowest BCUT2D eigenvalue weighted by molar-refractivity contribution is -0.131. The predicted molar refractivity (Wildman–Crippen MR) is 60.1 cm³/mol. The quantitative estimate of drug-likeness (QED) is 0.773. The molecule has 84 valence electrons. The molecule has 1 aliphatic heterocycles. The van der Waals surface area contributed by atoms with Gasteiger partial charge in [0.25, 0.3) is 0 Å². The van der Waals surface area contributed by atoms with Gasteiger partial charge in [-0.2, -0.15) is 0 Å². The number of carbonyl (C=O) groups is 1. The van der Waals surface area contributed by atoms with Crippen molar-refractivity contribution >= 4 is 18.0 Å². The molecule has 16 heavy (non-hydrogen) atoms. The van der Waals surface area contributed by atoms with Gasteiger partial charge in [0.05, 0.1) is 5.69 Å². The molecule has 0 bridgehead atoms. The summed E-state index contributed by atoms with van der Waals surface area (Å²) >= 11 is 0. The van der Waals surface area contributed by atoms with Gasteiger partial charge in [-0.25, -0.2) is 14.8 Å². The van der Waals surface area contributed by atoms with Gasteiger partial charge >= 0.3 is 5.97 Å². The first-order valence-corrected chi connectivity index (χ1v) is 5.25. The lowest BCUT2D eigenvalue weighted by Crippen LogP contribution is -2.20. The standard InChI is InChI=1S/C11H13N3O2/c15-10(16)4-3-9-5-6-12-11(13-9)14-7-1-2-8-14/h3-6H,1-2,7-8H2,(H,15,16)/b4-3+. The minimum absolute atomic E-state index is 0.624. The van der Waals surface area contributed by atoms with Crippen molar-refractivity contribution in [2.24, 2.45) is 0 Å². The van der Waals surface area contributed by atoms with E-state index in [2.05, 4.69) is 14.9 Å². The average molecular weight is 219 g/mol. The Hall–Kier alpha value is -1.91. The van der Waals surface area contributed by atoms with Crippen LogP contribution in [0.4, 0.5) is 5.95 Å². The molecule has 0 aromatic carbocycles. The number of carboxylic acid groups (broad SMARTS) is 1. The van der Waals surface area contributed by atoms with Crippen molar-refractivity contribution in [1.29, 1.82) is 0 Å². The molecule has 0 spiro atoms. The highest BCUT2D eigenvalue weighted by atomic mass is 16.4. The minimum atomic E-state index is -0.971. The Bertz CT molecular complexity index is 411. The topological polar surface area (TPSA) is 66.3 Å². The summed E-state index contributed by atoms with van der Waals surface area (Å²) in [5, 5.41) is 8.51. The summed E-state index contributed by atoms with van der Waals surface area (Å²) in [7, 11) is 0. The van der Waals surface area contributed by atoms with Gasteiger partial charge in [-0.15, -0.1) is 0 Å². The van der Waals surface area contributed by atoms with Crippen LogP contribution < -0.4 is 4.90 Å². The molecule has 0 unspecified atom stereocenters. The number of rotatable bonds is 3. The number of hydrogen-bond donors (Lipinski definition) is 1. The molecular weight excluding hydrogens is 206 g/mol. The molecule has 1 N–H and O–H groups in total. The molecule has 1 saturated heterocycles. The highest BCUT2D eigenvalue weighted by molar-refractivity contribution is 5.84. The molecule has 1 fully saturated rings. The Kier molecular flexibility index (Phi) is 3.14. The molecule has 1 aliphatic rings. The van der Waals surface area contributed by atoms with Crippen LogP contribution in [0.15, 0.2) is 18.3 Å². The van der Waals surface area contributed by atoms with Gasteiger partial charge in [-0.3, -0.25) is 0 Å². The normalized spacial score (nSPS) is 15.9. The van der Waals surface area contributed by atoms with Crippen molar-refractivity contribution in [2.45, 2.75) is 12.8 Å². The van der Waals surface area contributed by atoms with E-state index in [1.165, 1.54) is 18.9 Å². The van der Waals surface area contributed by atoms with Crippen LogP contribution in [0.2, 0.25) is 0 Å². The number of aromatic nitrogens is 2. The summed E-state index contributed by atoms with van der Waals surface area (Å²) in [5.74, 6) is -0.286. The maximum absolute atomic E-state index is 10.4. The first kappa shape index (κ1) is 10.6. The summed E-state index contributed by atoms with van der Waals surface area (Å²) in [6.45, 7) is 1.96. The highest BCUT2D eigenvalue weighted by Gasteiger charge is 2.14. The van der Waals surface area contributed by atoms with E-state index >= 15 is 0 Å². The van der Waals surface area contributed by atoms with Crippen molar-refractivity contribution < 1.29 is 9.90 Å². The highest BCUT2D eigenvalue weighted by Crippen LogP contribution is 2.15. The van der Waals surface area contributed by atoms with Crippen molar-refractivity contribution in [1.82, 2.24) is 9.97 Å². The van der Waals surface area contributed by atoms with E-state index in [4.69, 9.17) is 5.11 Å². The Labute approximate surface area is 93.4 Å². The van der Waals surface area contributed by atoms with Crippen LogP contribution in [-0.4, -0.2) is 34.1 Å². The fourth-order valence-electron chi connectivity index (χ4n) is 1.68. The van der Waals surface area contributed by atoms with E-state index in [0.29, 0.717) is 11.6 Å². The van der Waals surface area contributed by atoms with Crippen LogP contribution in [0, 0.1) is 0 Å². The zero-order valence-electron chi connectivity index (χ0n) is 8.83. The maximum atomic E-state index is 10.4. The third-order valence-electron chi connectivity index (χ3n) is 2.45. The van der Waals surface area contributed by atoms with Crippen LogP contribution >= 0.6 is 0 Å². The van der Waals surface area contributed by atoms with Crippen LogP contribution in [0.1, 0.15) is 18.5 Å². The van der Waals surface area contributed by atoms with Gasteiger partial charge < -0.3 is 10.0 Å². The fourth-order valence-corrected chi connectivity index (χ4v) is 1.68. The van der Waals surface area contributed by atoms with Gasteiger partial charge in [-0.05, 0) is 25.0 Å². The van der Waals surface area contributed by atoms with E-state index in [1.807, 2.05) is 0 Å². The number of nitrogens with zero attached hydrogens (tertiary/aromatic N) is 3. The molecule has 0 saturated carbocycles. The van der Waals surface area contributed by atoms with E-state index in [1.54, 1.807) is 12.3 Å². The van der Waals surface area contributed by atoms with E-state index in [9.17, 15) is 4.79 Å². The molecule has 0 atom stereocenters. The zero-order valence-corrected chi connectivity index (χ0v) is 8.83. The number of aliphatic carboxylic acids is 1. The van der Waals surface area contributed by atoms with E-state index < -0.39 is 5.97 Å². The number of anilines is 1. The van der Waals surface area contributed by atoms with Crippen LogP contribution in [-0.2, 0) is 4.79 Å². The number of hydrogen-bond acceptors (Lipinski definition) is 4. The van der Waals surface area contributed by atoms with Crippen molar-refractivity contribution in [3.8, 4) is 0 Å². The third-order valence-corrected chi connectivity index (χ3v) is 2.45. The minimum Gasteiger partial charge on any atom is -0.478 e. The zero-order chi connectivity index (χ0) is 11.4. The second-order valence-electron chi connectivity index (χ2n) is 3.65. The first-order chi connectivity index (χ1) is 7.75. The van der Waals surface area contributed by atoms with E-state index in [0.717, 1.165) is 19.2 Å². The largest absolute Gasteiger partial charge is 0.478 e. The van der Waals surface area contributed by atoms with Crippen LogP contribution in [0.5, 0.6) is 0 Å². The molecule has 2 rings (SSSR count). The Balaban J connectivity index is 2.15. The molecule has 5 nitrogen and oxygen atoms in total. The monoisotopic (exact) mass is 219 g/mol. The van der Waals surface area contributed by atoms with Gasteiger partial charge in [0.1, 0.15) is 0 Å². The molecule has 1 aromatic heterocycles. The second-order valence-corrected chi connectivity index (χ2v) is 3.65. The molecule has 2 heterocycles. The van der Waals surface area contributed by atoms with E-state index in [-0.39, 0.29) is 0 Å².